The van der Waals surface area contributed by atoms with Crippen molar-refractivity contribution in [2.75, 3.05) is 17.7 Å². The number of nitrogens with zero attached hydrogens (tertiary/aromatic N) is 2. The molecule has 0 aliphatic carbocycles. The van der Waals surface area contributed by atoms with Crippen LogP contribution in [0.25, 0.3) is 11.5 Å². The van der Waals surface area contributed by atoms with Crippen LogP contribution in [0.1, 0.15) is 6.92 Å². The number of carbonyl (C=O) groups excluding carboxylic acids is 1. The van der Waals surface area contributed by atoms with Crippen LogP contribution in [0.4, 0.5) is 5.69 Å². The standard InChI is InChI=1S/C18H16IN3O3S/c1-2-24-15-9-3-12(4-10-15)17-21-22-18(25-17)26-11-16(23)20-14-7-5-13(19)6-8-14/h3-10H,2,11H2,1H3,(H,20,23). The first-order chi connectivity index (χ1) is 12.6. The van der Waals surface area contributed by atoms with Crippen LogP contribution in [0.2, 0.25) is 0 Å². The molecule has 2 aromatic carbocycles. The molecular weight excluding hydrogens is 465 g/mol. The Bertz CT molecular complexity index is 866. The Morgan fingerprint density at radius 2 is 1.88 bits per heavy atom. The second-order valence-electron chi connectivity index (χ2n) is 5.17. The highest BCUT2D eigenvalue weighted by Gasteiger charge is 2.11. The molecule has 0 bridgehead atoms. The number of amides is 1. The van der Waals surface area contributed by atoms with E-state index in [2.05, 4.69) is 38.1 Å². The average molecular weight is 481 g/mol. The SMILES string of the molecule is CCOc1ccc(-c2nnc(SCC(=O)Nc3ccc(I)cc3)o2)cc1. The van der Waals surface area contributed by atoms with Crippen molar-refractivity contribution in [3.8, 4) is 17.2 Å². The second kappa shape index (κ2) is 9.04. The number of ether oxygens (including phenoxy) is 1. The first-order valence-corrected chi connectivity index (χ1v) is 9.95. The predicted molar refractivity (Wildman–Crippen MR) is 109 cm³/mol. The van der Waals surface area contributed by atoms with E-state index in [0.29, 0.717) is 17.7 Å². The van der Waals surface area contributed by atoms with Crippen molar-refractivity contribution >= 4 is 45.9 Å². The minimum Gasteiger partial charge on any atom is -0.494 e. The number of thioether (sulfide) groups is 1. The lowest BCUT2D eigenvalue weighted by Crippen LogP contribution is -2.13. The van der Waals surface area contributed by atoms with Crippen molar-refractivity contribution in [2.45, 2.75) is 12.1 Å². The van der Waals surface area contributed by atoms with Crippen LogP contribution in [0.3, 0.4) is 0 Å². The number of rotatable bonds is 7. The molecule has 0 unspecified atom stereocenters. The van der Waals surface area contributed by atoms with Crippen molar-refractivity contribution in [3.05, 3.63) is 52.1 Å². The van der Waals surface area contributed by atoms with E-state index in [1.165, 1.54) is 11.8 Å². The van der Waals surface area contributed by atoms with Gasteiger partial charge in [-0.15, -0.1) is 10.2 Å². The summed E-state index contributed by atoms with van der Waals surface area (Å²) in [6, 6.07) is 15.0. The molecule has 3 rings (SSSR count). The number of halogens is 1. The van der Waals surface area contributed by atoms with Gasteiger partial charge >= 0.3 is 0 Å². The third-order valence-electron chi connectivity index (χ3n) is 3.27. The number of nitrogens with one attached hydrogen (secondary N) is 1. The van der Waals surface area contributed by atoms with Gasteiger partial charge in [0.1, 0.15) is 5.75 Å². The van der Waals surface area contributed by atoms with Crippen molar-refractivity contribution in [1.29, 1.82) is 0 Å². The summed E-state index contributed by atoms with van der Waals surface area (Å²) in [5.74, 6) is 1.26. The molecule has 3 aromatic rings. The molecule has 8 heteroatoms. The van der Waals surface area contributed by atoms with Gasteiger partial charge < -0.3 is 14.5 Å². The van der Waals surface area contributed by atoms with Gasteiger partial charge in [0.15, 0.2) is 0 Å². The molecule has 6 nitrogen and oxygen atoms in total. The summed E-state index contributed by atoms with van der Waals surface area (Å²) in [7, 11) is 0. The molecule has 134 valence electrons. The Balaban J connectivity index is 1.54. The van der Waals surface area contributed by atoms with Crippen LogP contribution < -0.4 is 10.1 Å². The molecule has 0 aliphatic rings. The Labute approximate surface area is 168 Å². The highest BCUT2D eigenvalue weighted by molar-refractivity contribution is 14.1. The maximum atomic E-state index is 12.0. The van der Waals surface area contributed by atoms with Crippen LogP contribution in [-0.4, -0.2) is 28.5 Å². The van der Waals surface area contributed by atoms with E-state index < -0.39 is 0 Å². The Hall–Kier alpha value is -2.07. The van der Waals surface area contributed by atoms with Gasteiger partial charge in [-0.05, 0) is 78.0 Å². The third-order valence-corrected chi connectivity index (χ3v) is 4.81. The van der Waals surface area contributed by atoms with Gasteiger partial charge in [-0.3, -0.25) is 4.79 Å². The summed E-state index contributed by atoms with van der Waals surface area (Å²) in [6.45, 7) is 2.55. The summed E-state index contributed by atoms with van der Waals surface area (Å²) in [4.78, 5) is 12.0. The van der Waals surface area contributed by atoms with Crippen molar-refractivity contribution < 1.29 is 13.9 Å². The number of benzene rings is 2. The van der Waals surface area contributed by atoms with E-state index in [0.717, 1.165) is 20.6 Å². The first-order valence-electron chi connectivity index (χ1n) is 7.89. The van der Waals surface area contributed by atoms with E-state index in [-0.39, 0.29) is 11.7 Å². The van der Waals surface area contributed by atoms with Crippen LogP contribution in [0.15, 0.2) is 58.2 Å². The lowest BCUT2D eigenvalue weighted by atomic mass is 10.2. The molecule has 0 saturated heterocycles. The van der Waals surface area contributed by atoms with E-state index >= 15 is 0 Å². The highest BCUT2D eigenvalue weighted by atomic mass is 127. The lowest BCUT2D eigenvalue weighted by molar-refractivity contribution is -0.113. The van der Waals surface area contributed by atoms with Crippen molar-refractivity contribution in [1.82, 2.24) is 10.2 Å². The molecule has 0 fully saturated rings. The van der Waals surface area contributed by atoms with Gasteiger partial charge in [-0.25, -0.2) is 0 Å². The van der Waals surface area contributed by atoms with E-state index in [1.54, 1.807) is 0 Å². The van der Waals surface area contributed by atoms with Crippen molar-refractivity contribution in [2.24, 2.45) is 0 Å². The first kappa shape index (κ1) is 18.7. The van der Waals surface area contributed by atoms with Gasteiger partial charge in [-0.1, -0.05) is 11.8 Å². The molecular formula is C18H16IN3O3S. The summed E-state index contributed by atoms with van der Waals surface area (Å²) in [5, 5.41) is 11.2. The van der Waals surface area contributed by atoms with Gasteiger partial charge in [0.2, 0.25) is 11.8 Å². The zero-order valence-electron chi connectivity index (χ0n) is 13.9. The number of aromatic nitrogens is 2. The molecule has 0 spiro atoms. The van der Waals surface area contributed by atoms with E-state index in [4.69, 9.17) is 9.15 Å². The largest absolute Gasteiger partial charge is 0.494 e. The van der Waals surface area contributed by atoms with Gasteiger partial charge in [0.25, 0.3) is 5.22 Å². The summed E-state index contributed by atoms with van der Waals surface area (Å²) in [6.07, 6.45) is 0. The molecule has 26 heavy (non-hydrogen) atoms. The third kappa shape index (κ3) is 5.21. The molecule has 1 heterocycles. The summed E-state index contributed by atoms with van der Waals surface area (Å²) in [5.41, 5.74) is 1.56. The average Bonchev–Trinajstić information content (AvgIpc) is 3.12. The molecule has 0 saturated carbocycles. The summed E-state index contributed by atoms with van der Waals surface area (Å²) >= 11 is 3.42. The van der Waals surface area contributed by atoms with Crippen molar-refractivity contribution in [3.63, 3.8) is 0 Å². The van der Waals surface area contributed by atoms with Crippen LogP contribution in [-0.2, 0) is 4.79 Å². The minimum atomic E-state index is -0.128. The van der Waals surface area contributed by atoms with E-state index in [1.807, 2.05) is 55.5 Å². The summed E-state index contributed by atoms with van der Waals surface area (Å²) < 4.78 is 12.1. The molecule has 0 radical (unpaired) electrons. The second-order valence-corrected chi connectivity index (χ2v) is 7.35. The Morgan fingerprint density at radius 3 is 2.58 bits per heavy atom. The fourth-order valence-electron chi connectivity index (χ4n) is 2.10. The Kier molecular flexibility index (Phi) is 6.51. The smallest absolute Gasteiger partial charge is 0.277 e. The van der Waals surface area contributed by atoms with Crippen LogP contribution in [0, 0.1) is 3.57 Å². The van der Waals surface area contributed by atoms with Gasteiger partial charge in [0, 0.05) is 14.8 Å². The molecule has 0 atom stereocenters. The van der Waals surface area contributed by atoms with Crippen LogP contribution in [0.5, 0.6) is 5.75 Å². The minimum absolute atomic E-state index is 0.128. The predicted octanol–water partition coefficient (Wildman–Crippen LogP) is 4.47. The fraction of sp³-hybridized carbons (Fsp3) is 0.167. The number of hydrogen-bond donors (Lipinski definition) is 1. The topological polar surface area (TPSA) is 77.2 Å². The molecule has 1 N–H and O–H groups in total. The lowest BCUT2D eigenvalue weighted by Gasteiger charge is -2.03. The Morgan fingerprint density at radius 1 is 1.15 bits per heavy atom. The fourth-order valence-corrected chi connectivity index (χ4v) is 3.03. The van der Waals surface area contributed by atoms with Gasteiger partial charge in [0.05, 0.1) is 12.4 Å². The molecule has 1 amide bonds. The molecule has 0 aliphatic heterocycles. The zero-order chi connectivity index (χ0) is 18.4. The maximum absolute atomic E-state index is 12.0. The number of anilines is 1. The number of carbonyl (C=O) groups is 1. The molecule has 1 aromatic heterocycles. The van der Waals surface area contributed by atoms with E-state index in [9.17, 15) is 4.79 Å². The highest BCUT2D eigenvalue weighted by Crippen LogP contribution is 2.25. The normalized spacial score (nSPS) is 10.5. The number of hydrogen-bond acceptors (Lipinski definition) is 6. The maximum Gasteiger partial charge on any atom is 0.277 e. The zero-order valence-corrected chi connectivity index (χ0v) is 16.9. The quantitative estimate of drug-likeness (QED) is 0.397. The van der Waals surface area contributed by atoms with Crippen LogP contribution >= 0.6 is 34.4 Å². The van der Waals surface area contributed by atoms with Gasteiger partial charge in [-0.2, -0.15) is 0 Å². The monoisotopic (exact) mass is 481 g/mol.